The summed E-state index contributed by atoms with van der Waals surface area (Å²) in [5, 5.41) is 12.1. The summed E-state index contributed by atoms with van der Waals surface area (Å²) in [5.74, 6) is -0.155. The lowest BCUT2D eigenvalue weighted by molar-refractivity contribution is -0.147. The highest BCUT2D eigenvalue weighted by Gasteiger charge is 2.45. The van der Waals surface area contributed by atoms with Crippen LogP contribution in [-0.4, -0.2) is 40.6 Å². The molecule has 1 heterocycles. The molecule has 0 saturated carbocycles. The predicted molar refractivity (Wildman–Crippen MR) is 83.3 cm³/mol. The SMILES string of the molecule is CC(C)CCCCCCNC(=O)N1CCCC1(C)C(=O)O. The molecular formula is C16H30N2O3. The van der Waals surface area contributed by atoms with Crippen molar-refractivity contribution in [3.05, 3.63) is 0 Å². The Hall–Kier alpha value is -1.26. The van der Waals surface area contributed by atoms with Crippen molar-refractivity contribution in [1.82, 2.24) is 10.2 Å². The zero-order valence-electron chi connectivity index (χ0n) is 13.7. The van der Waals surface area contributed by atoms with Crippen LogP contribution in [0.15, 0.2) is 0 Å². The molecule has 0 radical (unpaired) electrons. The highest BCUT2D eigenvalue weighted by Crippen LogP contribution is 2.29. The van der Waals surface area contributed by atoms with Gasteiger partial charge in [-0.3, -0.25) is 0 Å². The van der Waals surface area contributed by atoms with Gasteiger partial charge in [0.25, 0.3) is 0 Å². The van der Waals surface area contributed by atoms with E-state index in [0.29, 0.717) is 19.5 Å². The van der Waals surface area contributed by atoms with E-state index in [1.54, 1.807) is 6.92 Å². The summed E-state index contributed by atoms with van der Waals surface area (Å²) >= 11 is 0. The Kier molecular flexibility index (Phi) is 6.99. The minimum atomic E-state index is -1.04. The summed E-state index contributed by atoms with van der Waals surface area (Å²) in [6.45, 7) is 7.26. The molecule has 1 aliphatic rings. The number of amides is 2. The molecule has 1 unspecified atom stereocenters. The van der Waals surface area contributed by atoms with Crippen molar-refractivity contribution in [3.63, 3.8) is 0 Å². The highest BCUT2D eigenvalue weighted by atomic mass is 16.4. The Morgan fingerprint density at radius 1 is 1.24 bits per heavy atom. The quantitative estimate of drug-likeness (QED) is 0.676. The topological polar surface area (TPSA) is 69.6 Å². The van der Waals surface area contributed by atoms with Crippen molar-refractivity contribution in [1.29, 1.82) is 0 Å². The molecule has 5 nitrogen and oxygen atoms in total. The Labute approximate surface area is 128 Å². The number of carboxylic acid groups (broad SMARTS) is 1. The number of rotatable bonds is 8. The van der Waals surface area contributed by atoms with E-state index in [-0.39, 0.29) is 6.03 Å². The second-order valence-electron chi connectivity index (χ2n) is 6.66. The maximum absolute atomic E-state index is 12.1. The third-order valence-corrected chi connectivity index (χ3v) is 4.33. The van der Waals surface area contributed by atoms with E-state index in [2.05, 4.69) is 19.2 Å². The molecule has 0 aromatic rings. The molecule has 0 aromatic carbocycles. The molecular weight excluding hydrogens is 268 g/mol. The van der Waals surface area contributed by atoms with Gasteiger partial charge < -0.3 is 15.3 Å². The van der Waals surface area contributed by atoms with Crippen molar-refractivity contribution in [2.24, 2.45) is 5.92 Å². The summed E-state index contributed by atoms with van der Waals surface area (Å²) in [7, 11) is 0. The lowest BCUT2D eigenvalue weighted by Crippen LogP contribution is -2.54. The van der Waals surface area contributed by atoms with Crippen LogP contribution < -0.4 is 5.32 Å². The monoisotopic (exact) mass is 298 g/mol. The number of unbranched alkanes of at least 4 members (excludes halogenated alkanes) is 3. The largest absolute Gasteiger partial charge is 0.480 e. The number of carboxylic acids is 1. The summed E-state index contributed by atoms with van der Waals surface area (Å²) in [4.78, 5) is 24.9. The standard InChI is InChI=1S/C16H30N2O3/c1-13(2)9-6-4-5-7-11-17-15(21)18-12-8-10-16(18,3)14(19)20/h13H,4-12H2,1-3H3,(H,17,21)(H,19,20). The molecule has 21 heavy (non-hydrogen) atoms. The van der Waals surface area contributed by atoms with Gasteiger partial charge in [0.15, 0.2) is 0 Å². The van der Waals surface area contributed by atoms with E-state index in [4.69, 9.17) is 0 Å². The van der Waals surface area contributed by atoms with Gasteiger partial charge in [-0.05, 0) is 32.1 Å². The zero-order valence-corrected chi connectivity index (χ0v) is 13.7. The van der Waals surface area contributed by atoms with E-state index >= 15 is 0 Å². The molecule has 2 amide bonds. The maximum Gasteiger partial charge on any atom is 0.329 e. The van der Waals surface area contributed by atoms with E-state index in [1.165, 1.54) is 24.2 Å². The summed E-state index contributed by atoms with van der Waals surface area (Å²) in [5.41, 5.74) is -1.04. The van der Waals surface area contributed by atoms with E-state index < -0.39 is 11.5 Å². The van der Waals surface area contributed by atoms with E-state index in [1.807, 2.05) is 0 Å². The summed E-state index contributed by atoms with van der Waals surface area (Å²) in [6, 6.07) is -0.236. The molecule has 0 aromatic heterocycles. The van der Waals surface area contributed by atoms with Crippen molar-refractivity contribution in [2.45, 2.75) is 71.3 Å². The zero-order chi connectivity index (χ0) is 15.9. The second kappa shape index (κ2) is 8.25. The lowest BCUT2D eigenvalue weighted by Gasteiger charge is -2.31. The number of nitrogens with one attached hydrogen (secondary N) is 1. The molecule has 1 aliphatic heterocycles. The first-order valence-corrected chi connectivity index (χ1v) is 8.17. The van der Waals surface area contributed by atoms with Gasteiger partial charge in [0.2, 0.25) is 0 Å². The number of carbonyl (C=O) groups is 2. The van der Waals surface area contributed by atoms with Crippen LogP contribution >= 0.6 is 0 Å². The molecule has 2 N–H and O–H groups in total. The van der Waals surface area contributed by atoms with Crippen LogP contribution in [0.25, 0.3) is 0 Å². The predicted octanol–water partition coefficient (Wildman–Crippen LogP) is 3.24. The summed E-state index contributed by atoms with van der Waals surface area (Å²) in [6.07, 6.45) is 7.07. The van der Waals surface area contributed by atoms with Gasteiger partial charge in [-0.1, -0.05) is 39.5 Å². The van der Waals surface area contributed by atoms with Crippen LogP contribution in [0.5, 0.6) is 0 Å². The normalized spacial score (nSPS) is 21.8. The Morgan fingerprint density at radius 2 is 1.90 bits per heavy atom. The Morgan fingerprint density at radius 3 is 2.52 bits per heavy atom. The fourth-order valence-electron chi connectivity index (χ4n) is 2.83. The van der Waals surface area contributed by atoms with Crippen molar-refractivity contribution < 1.29 is 14.7 Å². The Bertz CT molecular complexity index is 357. The highest BCUT2D eigenvalue weighted by molar-refractivity contribution is 5.86. The smallest absolute Gasteiger partial charge is 0.329 e. The number of hydrogen-bond donors (Lipinski definition) is 2. The van der Waals surface area contributed by atoms with Crippen LogP contribution in [0.2, 0.25) is 0 Å². The average molecular weight is 298 g/mol. The third-order valence-electron chi connectivity index (χ3n) is 4.33. The molecule has 1 fully saturated rings. The number of likely N-dealkylation sites (tertiary alicyclic amines) is 1. The molecule has 1 rings (SSSR count). The van der Waals surface area contributed by atoms with Crippen LogP contribution in [0.4, 0.5) is 4.79 Å². The minimum Gasteiger partial charge on any atom is -0.480 e. The molecule has 0 aliphatic carbocycles. The molecule has 5 heteroatoms. The minimum absolute atomic E-state index is 0.236. The van der Waals surface area contributed by atoms with E-state index in [9.17, 15) is 14.7 Å². The first kappa shape index (κ1) is 17.8. The molecule has 0 bridgehead atoms. The van der Waals surface area contributed by atoms with Gasteiger partial charge in [0, 0.05) is 13.1 Å². The number of aliphatic carboxylic acids is 1. The summed E-state index contributed by atoms with van der Waals surface area (Å²) < 4.78 is 0. The van der Waals surface area contributed by atoms with Crippen LogP contribution in [-0.2, 0) is 4.79 Å². The van der Waals surface area contributed by atoms with E-state index in [0.717, 1.165) is 25.2 Å². The van der Waals surface area contributed by atoms with Gasteiger partial charge in [-0.25, -0.2) is 9.59 Å². The van der Waals surface area contributed by atoms with Crippen LogP contribution in [0.3, 0.4) is 0 Å². The van der Waals surface area contributed by atoms with Gasteiger partial charge in [0.05, 0.1) is 0 Å². The molecule has 1 saturated heterocycles. The van der Waals surface area contributed by atoms with Gasteiger partial charge in [-0.15, -0.1) is 0 Å². The van der Waals surface area contributed by atoms with Crippen LogP contribution in [0.1, 0.15) is 65.7 Å². The van der Waals surface area contributed by atoms with Gasteiger partial charge in [-0.2, -0.15) is 0 Å². The number of nitrogens with zero attached hydrogens (tertiary/aromatic N) is 1. The van der Waals surface area contributed by atoms with Crippen molar-refractivity contribution in [2.75, 3.05) is 13.1 Å². The third kappa shape index (κ3) is 5.21. The molecule has 122 valence electrons. The first-order chi connectivity index (χ1) is 9.88. The second-order valence-corrected chi connectivity index (χ2v) is 6.66. The Balaban J connectivity index is 2.21. The van der Waals surface area contributed by atoms with Gasteiger partial charge >= 0.3 is 12.0 Å². The number of carbonyl (C=O) groups excluding carboxylic acids is 1. The molecule has 1 atom stereocenters. The van der Waals surface area contributed by atoms with Gasteiger partial charge in [0.1, 0.15) is 5.54 Å². The lowest BCUT2D eigenvalue weighted by atomic mass is 10.00. The van der Waals surface area contributed by atoms with Crippen LogP contribution in [0, 0.1) is 5.92 Å². The molecule has 0 spiro atoms. The fraction of sp³-hybridized carbons (Fsp3) is 0.875. The first-order valence-electron chi connectivity index (χ1n) is 8.17. The maximum atomic E-state index is 12.1. The number of hydrogen-bond acceptors (Lipinski definition) is 2. The average Bonchev–Trinajstić information content (AvgIpc) is 2.80. The number of urea groups is 1. The van der Waals surface area contributed by atoms with Crippen molar-refractivity contribution >= 4 is 12.0 Å². The fourth-order valence-corrected chi connectivity index (χ4v) is 2.83. The van der Waals surface area contributed by atoms with Crippen molar-refractivity contribution in [3.8, 4) is 0 Å².